The lowest BCUT2D eigenvalue weighted by Crippen LogP contribution is -2.18. The lowest BCUT2D eigenvalue weighted by Gasteiger charge is -2.15. The topological polar surface area (TPSA) is 37.8 Å². The summed E-state index contributed by atoms with van der Waals surface area (Å²) in [5, 5.41) is 12.2. The molecule has 0 aliphatic heterocycles. The Labute approximate surface area is 87.9 Å². The normalized spacial score (nSPS) is 21.5. The minimum absolute atomic E-state index is 0.916. The maximum atomic E-state index is 4.01. The molecule has 0 amide bonds. The van der Waals surface area contributed by atoms with Gasteiger partial charge in [-0.1, -0.05) is 11.3 Å². The van der Waals surface area contributed by atoms with E-state index in [-0.39, 0.29) is 0 Å². The summed E-state index contributed by atoms with van der Waals surface area (Å²) in [5.74, 6) is 2.95. The van der Waals surface area contributed by atoms with Crippen molar-refractivity contribution in [2.24, 2.45) is 17.8 Å². The third-order valence-electron chi connectivity index (χ3n) is 3.30. The van der Waals surface area contributed by atoms with Crippen LogP contribution < -0.4 is 5.32 Å². The van der Waals surface area contributed by atoms with Gasteiger partial charge in [0.15, 0.2) is 0 Å². The first kappa shape index (κ1) is 8.65. The Morgan fingerprint density at radius 2 is 2.07 bits per heavy atom. The number of nitrogens with zero attached hydrogens (tertiary/aromatic N) is 2. The zero-order chi connectivity index (χ0) is 9.38. The number of rotatable bonds is 5. The molecule has 0 atom stereocenters. The Hall–Kier alpha value is -0.640. The van der Waals surface area contributed by atoms with Crippen LogP contribution in [-0.4, -0.2) is 16.7 Å². The molecule has 1 aromatic rings. The van der Waals surface area contributed by atoms with Crippen LogP contribution in [0.2, 0.25) is 0 Å². The molecular formula is C10H15N3S. The molecule has 2 saturated carbocycles. The predicted molar refractivity (Wildman–Crippen MR) is 57.3 cm³/mol. The van der Waals surface area contributed by atoms with Crippen molar-refractivity contribution in [2.45, 2.75) is 25.7 Å². The molecule has 1 heterocycles. The molecule has 0 radical (unpaired) electrons. The van der Waals surface area contributed by atoms with Crippen LogP contribution >= 0.6 is 11.3 Å². The molecular weight excluding hydrogens is 194 g/mol. The number of nitrogens with one attached hydrogen (secondary N) is 1. The van der Waals surface area contributed by atoms with Crippen molar-refractivity contribution in [3.05, 3.63) is 5.51 Å². The van der Waals surface area contributed by atoms with Gasteiger partial charge in [-0.15, -0.1) is 10.2 Å². The van der Waals surface area contributed by atoms with E-state index >= 15 is 0 Å². The van der Waals surface area contributed by atoms with E-state index in [4.69, 9.17) is 0 Å². The lowest BCUT2D eigenvalue weighted by atomic mass is 9.98. The van der Waals surface area contributed by atoms with Gasteiger partial charge in [0.25, 0.3) is 0 Å². The minimum atomic E-state index is 0.916. The first-order valence-electron chi connectivity index (χ1n) is 5.43. The Kier molecular flexibility index (Phi) is 2.16. The molecule has 1 N–H and O–H groups in total. The molecule has 0 spiro atoms. The van der Waals surface area contributed by atoms with Crippen molar-refractivity contribution in [1.82, 2.24) is 10.2 Å². The molecule has 3 nitrogen and oxygen atoms in total. The summed E-state index contributed by atoms with van der Waals surface area (Å²) in [7, 11) is 0. The Morgan fingerprint density at radius 1 is 1.36 bits per heavy atom. The van der Waals surface area contributed by atoms with E-state index in [1.54, 1.807) is 16.8 Å². The summed E-state index contributed by atoms with van der Waals surface area (Å²) >= 11 is 1.60. The summed E-state index contributed by atoms with van der Waals surface area (Å²) < 4.78 is 0. The highest BCUT2D eigenvalue weighted by Gasteiger charge is 2.41. The van der Waals surface area contributed by atoms with Crippen LogP contribution in [0.5, 0.6) is 0 Å². The standard InChI is InChI=1S/C10H15N3S/c1-2-7(1)9(8-3-4-8)5-11-10-13-12-6-14-10/h6-9H,1-5H2,(H,11,13). The van der Waals surface area contributed by atoms with Gasteiger partial charge in [0, 0.05) is 6.54 Å². The Morgan fingerprint density at radius 3 is 2.57 bits per heavy atom. The molecule has 2 aliphatic carbocycles. The second-order valence-corrected chi connectivity index (χ2v) is 5.30. The van der Waals surface area contributed by atoms with Crippen molar-refractivity contribution < 1.29 is 0 Å². The number of aromatic nitrogens is 2. The minimum Gasteiger partial charge on any atom is -0.360 e. The van der Waals surface area contributed by atoms with E-state index in [1.165, 1.54) is 25.7 Å². The zero-order valence-corrected chi connectivity index (χ0v) is 8.96. The number of hydrogen-bond donors (Lipinski definition) is 1. The average Bonchev–Trinajstić information content (AvgIpc) is 3.09. The molecule has 0 saturated heterocycles. The molecule has 0 unspecified atom stereocenters. The van der Waals surface area contributed by atoms with Crippen molar-refractivity contribution in [3.63, 3.8) is 0 Å². The SMILES string of the molecule is c1nnc(NCC(C2CC2)C2CC2)s1. The van der Waals surface area contributed by atoms with E-state index in [1.807, 2.05) is 0 Å². The maximum absolute atomic E-state index is 4.01. The summed E-state index contributed by atoms with van der Waals surface area (Å²) in [6.07, 6.45) is 5.83. The molecule has 2 fully saturated rings. The third-order valence-corrected chi connectivity index (χ3v) is 3.95. The third kappa shape index (κ3) is 1.90. The summed E-state index contributed by atoms with van der Waals surface area (Å²) in [5.41, 5.74) is 1.78. The van der Waals surface area contributed by atoms with Crippen LogP contribution in [-0.2, 0) is 0 Å². The van der Waals surface area contributed by atoms with Gasteiger partial charge in [0.1, 0.15) is 5.51 Å². The highest BCUT2D eigenvalue weighted by Crippen LogP contribution is 2.49. The van der Waals surface area contributed by atoms with Gasteiger partial charge >= 0.3 is 0 Å². The lowest BCUT2D eigenvalue weighted by molar-refractivity contribution is 0.428. The van der Waals surface area contributed by atoms with Gasteiger partial charge in [0.05, 0.1) is 0 Å². The highest BCUT2D eigenvalue weighted by molar-refractivity contribution is 7.13. The smallest absolute Gasteiger partial charge is 0.205 e. The molecule has 0 aromatic carbocycles. The monoisotopic (exact) mass is 209 g/mol. The van der Waals surface area contributed by atoms with Crippen LogP contribution in [0.1, 0.15) is 25.7 Å². The Bertz CT molecular complexity index is 278. The second kappa shape index (κ2) is 3.50. The number of anilines is 1. The van der Waals surface area contributed by atoms with Gasteiger partial charge in [0.2, 0.25) is 5.13 Å². The largest absolute Gasteiger partial charge is 0.360 e. The summed E-state index contributed by atoms with van der Waals surface area (Å²) in [4.78, 5) is 0. The molecule has 76 valence electrons. The predicted octanol–water partition coefficient (Wildman–Crippen LogP) is 2.39. The van der Waals surface area contributed by atoms with E-state index < -0.39 is 0 Å². The van der Waals surface area contributed by atoms with Gasteiger partial charge < -0.3 is 5.32 Å². The van der Waals surface area contributed by atoms with Crippen LogP contribution in [0.4, 0.5) is 5.13 Å². The fourth-order valence-corrected chi connectivity index (χ4v) is 2.68. The molecule has 1 aromatic heterocycles. The van der Waals surface area contributed by atoms with E-state index in [2.05, 4.69) is 15.5 Å². The van der Waals surface area contributed by atoms with Crippen LogP contribution in [0.3, 0.4) is 0 Å². The van der Waals surface area contributed by atoms with Crippen LogP contribution in [0.15, 0.2) is 5.51 Å². The maximum Gasteiger partial charge on any atom is 0.205 e. The molecule has 14 heavy (non-hydrogen) atoms. The molecule has 2 aliphatic rings. The quantitative estimate of drug-likeness (QED) is 0.809. The molecule has 4 heteroatoms. The summed E-state index contributed by atoms with van der Waals surface area (Å²) in [6.45, 7) is 1.12. The first-order chi connectivity index (χ1) is 6.93. The Balaban J connectivity index is 1.54. The van der Waals surface area contributed by atoms with Crippen molar-refractivity contribution in [1.29, 1.82) is 0 Å². The van der Waals surface area contributed by atoms with E-state index in [0.717, 1.165) is 29.4 Å². The van der Waals surface area contributed by atoms with Gasteiger partial charge in [-0.25, -0.2) is 0 Å². The van der Waals surface area contributed by atoms with Crippen molar-refractivity contribution in [2.75, 3.05) is 11.9 Å². The first-order valence-corrected chi connectivity index (χ1v) is 6.31. The van der Waals surface area contributed by atoms with Crippen LogP contribution in [0.25, 0.3) is 0 Å². The zero-order valence-electron chi connectivity index (χ0n) is 8.15. The average molecular weight is 209 g/mol. The van der Waals surface area contributed by atoms with Crippen molar-refractivity contribution in [3.8, 4) is 0 Å². The fourth-order valence-electron chi connectivity index (χ4n) is 2.22. The number of hydrogen-bond acceptors (Lipinski definition) is 4. The van der Waals surface area contributed by atoms with Gasteiger partial charge in [-0.3, -0.25) is 0 Å². The molecule has 3 rings (SSSR count). The fraction of sp³-hybridized carbons (Fsp3) is 0.800. The second-order valence-electron chi connectivity index (χ2n) is 4.46. The highest BCUT2D eigenvalue weighted by atomic mass is 32.1. The summed E-state index contributed by atoms with van der Waals surface area (Å²) in [6, 6.07) is 0. The van der Waals surface area contributed by atoms with Crippen molar-refractivity contribution >= 4 is 16.5 Å². The van der Waals surface area contributed by atoms with Gasteiger partial charge in [-0.2, -0.15) is 0 Å². The van der Waals surface area contributed by atoms with E-state index in [9.17, 15) is 0 Å². The van der Waals surface area contributed by atoms with Gasteiger partial charge in [-0.05, 0) is 43.4 Å². The van der Waals surface area contributed by atoms with Crippen LogP contribution in [0, 0.1) is 17.8 Å². The van der Waals surface area contributed by atoms with E-state index in [0.29, 0.717) is 0 Å². The molecule has 0 bridgehead atoms.